The summed E-state index contributed by atoms with van der Waals surface area (Å²) in [6.45, 7) is 3.19. The number of para-hydroxylation sites is 1. The van der Waals surface area contributed by atoms with E-state index in [1.54, 1.807) is 12.1 Å². The van der Waals surface area contributed by atoms with Crippen LogP contribution in [0.5, 0.6) is 0 Å². The Bertz CT molecular complexity index is 481. The normalized spacial score (nSPS) is 12.4. The molecule has 90 valence electrons. The molecule has 0 atom stereocenters. The maximum atomic E-state index is 11.7. The molecule has 0 spiro atoms. The average molecular weight is 235 g/mol. The van der Waals surface area contributed by atoms with E-state index in [9.17, 15) is 4.79 Å². The standard InChI is InChI=1S/C11H13N3O3/c1-7-5-3-4-6-9(7)12-11(15)10(14-17)8(2)13-16/h3-6,16-17H,1-2H3,(H,12,15)/b13-8+,14-10+. The van der Waals surface area contributed by atoms with Gasteiger partial charge in [-0.3, -0.25) is 4.79 Å². The first-order valence-corrected chi connectivity index (χ1v) is 4.88. The van der Waals surface area contributed by atoms with Crippen molar-refractivity contribution < 1.29 is 15.2 Å². The number of anilines is 1. The second kappa shape index (κ2) is 5.64. The highest BCUT2D eigenvalue weighted by atomic mass is 16.4. The first-order valence-electron chi connectivity index (χ1n) is 4.88. The van der Waals surface area contributed by atoms with Crippen molar-refractivity contribution in [2.45, 2.75) is 13.8 Å². The lowest BCUT2D eigenvalue weighted by atomic mass is 10.2. The molecule has 3 N–H and O–H groups in total. The monoisotopic (exact) mass is 235 g/mol. The van der Waals surface area contributed by atoms with Gasteiger partial charge < -0.3 is 15.7 Å². The zero-order valence-electron chi connectivity index (χ0n) is 9.51. The largest absolute Gasteiger partial charge is 0.411 e. The number of hydrogen-bond donors (Lipinski definition) is 3. The highest BCUT2D eigenvalue weighted by molar-refractivity contribution is 6.68. The first kappa shape index (κ1) is 12.7. The molecule has 1 amide bonds. The Morgan fingerprint density at radius 1 is 1.24 bits per heavy atom. The molecular weight excluding hydrogens is 222 g/mol. The molecule has 0 aliphatic carbocycles. The van der Waals surface area contributed by atoms with Crippen LogP contribution < -0.4 is 5.32 Å². The third-order valence-electron chi connectivity index (χ3n) is 2.20. The molecule has 0 bridgehead atoms. The Morgan fingerprint density at radius 2 is 1.88 bits per heavy atom. The number of benzene rings is 1. The number of nitrogens with zero attached hydrogens (tertiary/aromatic N) is 2. The Balaban J connectivity index is 2.90. The Hall–Kier alpha value is -2.37. The summed E-state index contributed by atoms with van der Waals surface area (Å²) in [4.78, 5) is 11.7. The van der Waals surface area contributed by atoms with Gasteiger partial charge in [-0.2, -0.15) is 0 Å². The lowest BCUT2D eigenvalue weighted by Crippen LogP contribution is -2.29. The fourth-order valence-electron chi connectivity index (χ4n) is 1.22. The van der Waals surface area contributed by atoms with Crippen molar-refractivity contribution in [2.75, 3.05) is 5.32 Å². The van der Waals surface area contributed by atoms with E-state index in [1.807, 2.05) is 19.1 Å². The zero-order valence-corrected chi connectivity index (χ0v) is 9.51. The third-order valence-corrected chi connectivity index (χ3v) is 2.20. The van der Waals surface area contributed by atoms with Gasteiger partial charge in [-0.05, 0) is 25.5 Å². The summed E-state index contributed by atoms with van der Waals surface area (Å²) in [5, 5.41) is 25.4. The SMILES string of the molecule is CC(=N\O)/C(=N\O)C(=O)Nc1ccccc1C. The summed E-state index contributed by atoms with van der Waals surface area (Å²) in [5.41, 5.74) is 1.07. The van der Waals surface area contributed by atoms with Gasteiger partial charge in [0.05, 0.1) is 0 Å². The maximum absolute atomic E-state index is 11.7. The van der Waals surface area contributed by atoms with Crippen LogP contribution in [0, 0.1) is 6.92 Å². The van der Waals surface area contributed by atoms with Gasteiger partial charge >= 0.3 is 0 Å². The number of rotatable bonds is 3. The van der Waals surface area contributed by atoms with Crippen LogP contribution in [0.15, 0.2) is 34.6 Å². The number of carbonyl (C=O) groups is 1. The number of carbonyl (C=O) groups excluding carboxylic acids is 1. The lowest BCUT2D eigenvalue weighted by Gasteiger charge is -2.07. The van der Waals surface area contributed by atoms with E-state index in [0.717, 1.165) is 5.56 Å². The van der Waals surface area contributed by atoms with E-state index in [0.29, 0.717) is 5.69 Å². The van der Waals surface area contributed by atoms with Crippen LogP contribution in [-0.4, -0.2) is 27.7 Å². The fraction of sp³-hybridized carbons (Fsp3) is 0.182. The van der Waals surface area contributed by atoms with E-state index < -0.39 is 5.91 Å². The van der Waals surface area contributed by atoms with Crippen LogP contribution >= 0.6 is 0 Å². The molecule has 0 unspecified atom stereocenters. The zero-order chi connectivity index (χ0) is 12.8. The summed E-state index contributed by atoms with van der Waals surface area (Å²) in [6, 6.07) is 7.16. The molecule has 1 aromatic carbocycles. The maximum Gasteiger partial charge on any atom is 0.279 e. The molecule has 0 saturated carbocycles. The van der Waals surface area contributed by atoms with Gasteiger partial charge in [0.15, 0.2) is 5.71 Å². The molecule has 0 saturated heterocycles. The minimum Gasteiger partial charge on any atom is -0.411 e. The van der Waals surface area contributed by atoms with Gasteiger partial charge in [0.25, 0.3) is 5.91 Å². The number of hydrogen-bond acceptors (Lipinski definition) is 5. The van der Waals surface area contributed by atoms with E-state index >= 15 is 0 Å². The van der Waals surface area contributed by atoms with Crippen LogP contribution in [-0.2, 0) is 4.79 Å². The highest BCUT2D eigenvalue weighted by Gasteiger charge is 2.16. The van der Waals surface area contributed by atoms with Gasteiger partial charge in [0.2, 0.25) is 0 Å². The number of oxime groups is 2. The fourth-order valence-corrected chi connectivity index (χ4v) is 1.22. The van der Waals surface area contributed by atoms with Crippen LogP contribution in [0.4, 0.5) is 5.69 Å². The molecule has 0 heterocycles. The van der Waals surface area contributed by atoms with Crippen LogP contribution in [0.2, 0.25) is 0 Å². The molecule has 6 heteroatoms. The number of amides is 1. The Kier molecular flexibility index (Phi) is 4.21. The summed E-state index contributed by atoms with van der Waals surface area (Å²) < 4.78 is 0. The number of aryl methyl sites for hydroxylation is 1. The third kappa shape index (κ3) is 3.04. The van der Waals surface area contributed by atoms with E-state index in [-0.39, 0.29) is 11.4 Å². The van der Waals surface area contributed by atoms with Crippen molar-refractivity contribution in [3.63, 3.8) is 0 Å². The predicted molar refractivity (Wildman–Crippen MR) is 63.9 cm³/mol. The predicted octanol–water partition coefficient (Wildman–Crippen LogP) is 1.61. The molecule has 0 aromatic heterocycles. The minimum atomic E-state index is -0.642. The molecule has 0 fully saturated rings. The second-order valence-electron chi connectivity index (χ2n) is 3.40. The van der Waals surface area contributed by atoms with E-state index in [2.05, 4.69) is 15.6 Å². The highest BCUT2D eigenvalue weighted by Crippen LogP contribution is 2.13. The average Bonchev–Trinajstić information content (AvgIpc) is 2.32. The van der Waals surface area contributed by atoms with Crippen molar-refractivity contribution >= 4 is 23.0 Å². The summed E-state index contributed by atoms with van der Waals surface area (Å²) >= 11 is 0. The quantitative estimate of drug-likeness (QED) is 0.422. The number of nitrogens with one attached hydrogen (secondary N) is 1. The summed E-state index contributed by atoms with van der Waals surface area (Å²) in [6.07, 6.45) is 0. The van der Waals surface area contributed by atoms with E-state index in [4.69, 9.17) is 10.4 Å². The summed E-state index contributed by atoms with van der Waals surface area (Å²) in [5.74, 6) is -0.642. The van der Waals surface area contributed by atoms with Gasteiger partial charge in [0.1, 0.15) is 5.71 Å². The van der Waals surface area contributed by atoms with Gasteiger partial charge in [0, 0.05) is 5.69 Å². The first-order chi connectivity index (χ1) is 8.10. The molecule has 0 aliphatic rings. The molecular formula is C11H13N3O3. The minimum absolute atomic E-state index is 0.0708. The van der Waals surface area contributed by atoms with Gasteiger partial charge in [-0.1, -0.05) is 28.5 Å². The molecule has 0 radical (unpaired) electrons. The van der Waals surface area contributed by atoms with Crippen molar-refractivity contribution in [2.24, 2.45) is 10.3 Å². The molecule has 1 aromatic rings. The van der Waals surface area contributed by atoms with E-state index in [1.165, 1.54) is 6.92 Å². The van der Waals surface area contributed by atoms with Crippen LogP contribution in [0.1, 0.15) is 12.5 Å². The van der Waals surface area contributed by atoms with Crippen molar-refractivity contribution in [3.8, 4) is 0 Å². The van der Waals surface area contributed by atoms with Crippen molar-refractivity contribution in [1.29, 1.82) is 0 Å². The Morgan fingerprint density at radius 3 is 2.41 bits per heavy atom. The molecule has 17 heavy (non-hydrogen) atoms. The second-order valence-corrected chi connectivity index (χ2v) is 3.40. The molecule has 0 aliphatic heterocycles. The van der Waals surface area contributed by atoms with Crippen LogP contribution in [0.3, 0.4) is 0 Å². The van der Waals surface area contributed by atoms with Crippen molar-refractivity contribution in [1.82, 2.24) is 0 Å². The smallest absolute Gasteiger partial charge is 0.279 e. The van der Waals surface area contributed by atoms with Gasteiger partial charge in [-0.25, -0.2) is 0 Å². The lowest BCUT2D eigenvalue weighted by molar-refractivity contribution is -0.110. The Labute approximate surface area is 98.3 Å². The van der Waals surface area contributed by atoms with Gasteiger partial charge in [-0.15, -0.1) is 0 Å². The molecule has 6 nitrogen and oxygen atoms in total. The van der Waals surface area contributed by atoms with Crippen molar-refractivity contribution in [3.05, 3.63) is 29.8 Å². The molecule has 1 rings (SSSR count). The topological polar surface area (TPSA) is 94.3 Å². The summed E-state index contributed by atoms with van der Waals surface area (Å²) in [7, 11) is 0. The van der Waals surface area contributed by atoms with Crippen LogP contribution in [0.25, 0.3) is 0 Å².